The molecule has 0 saturated heterocycles. The third kappa shape index (κ3) is 6.56. The standard InChI is InChI=1S/C14H26N4O2/c1-6-11(18-13(19)20-14(3,4)5)7-15-8-12-9-16-10(2)17-12/h9,11,15H,6-8H2,1-5H3,(H,16,17)(H,18,19). The zero-order valence-electron chi connectivity index (χ0n) is 13.0. The zero-order valence-corrected chi connectivity index (χ0v) is 13.0. The molecule has 0 aliphatic heterocycles. The fourth-order valence-electron chi connectivity index (χ4n) is 1.71. The Bertz CT molecular complexity index is 423. The second-order valence-electron chi connectivity index (χ2n) is 5.88. The van der Waals surface area contributed by atoms with Crippen molar-refractivity contribution < 1.29 is 9.53 Å². The van der Waals surface area contributed by atoms with Crippen LogP contribution in [0.2, 0.25) is 0 Å². The number of carbonyl (C=O) groups is 1. The third-order valence-corrected chi connectivity index (χ3v) is 2.68. The molecule has 0 saturated carbocycles. The number of nitrogens with zero attached hydrogens (tertiary/aromatic N) is 1. The minimum atomic E-state index is -0.469. The van der Waals surface area contributed by atoms with Gasteiger partial charge in [0.15, 0.2) is 0 Å². The maximum absolute atomic E-state index is 11.7. The number of rotatable bonds is 6. The predicted octanol–water partition coefficient (Wildman–Crippen LogP) is 2.11. The number of alkyl carbamates (subject to hydrolysis) is 1. The van der Waals surface area contributed by atoms with E-state index < -0.39 is 5.60 Å². The van der Waals surface area contributed by atoms with Crippen LogP contribution in [-0.2, 0) is 11.3 Å². The lowest BCUT2D eigenvalue weighted by Crippen LogP contribution is -2.43. The molecule has 1 atom stereocenters. The van der Waals surface area contributed by atoms with Gasteiger partial charge in [-0.1, -0.05) is 6.92 Å². The van der Waals surface area contributed by atoms with Gasteiger partial charge in [0.05, 0.1) is 0 Å². The highest BCUT2D eigenvalue weighted by Gasteiger charge is 2.18. The number of aromatic nitrogens is 2. The molecule has 0 bridgehead atoms. The molecule has 6 heteroatoms. The average molecular weight is 282 g/mol. The van der Waals surface area contributed by atoms with Crippen molar-refractivity contribution in [2.75, 3.05) is 6.54 Å². The van der Waals surface area contributed by atoms with Gasteiger partial charge in [-0.05, 0) is 34.1 Å². The van der Waals surface area contributed by atoms with Crippen LogP contribution >= 0.6 is 0 Å². The molecule has 0 aliphatic carbocycles. The number of carbonyl (C=O) groups excluding carboxylic acids is 1. The summed E-state index contributed by atoms with van der Waals surface area (Å²) in [5.74, 6) is 0.903. The molecule has 0 spiro atoms. The van der Waals surface area contributed by atoms with Crippen LogP contribution in [0.15, 0.2) is 6.20 Å². The molecule has 3 N–H and O–H groups in total. The van der Waals surface area contributed by atoms with Gasteiger partial charge in [0, 0.05) is 31.0 Å². The second-order valence-corrected chi connectivity index (χ2v) is 5.88. The number of aryl methyl sites for hydroxylation is 1. The molecule has 1 aromatic heterocycles. The van der Waals surface area contributed by atoms with E-state index in [1.54, 1.807) is 0 Å². The van der Waals surface area contributed by atoms with Crippen LogP contribution in [0.3, 0.4) is 0 Å². The number of aromatic amines is 1. The van der Waals surface area contributed by atoms with Gasteiger partial charge in [0.25, 0.3) is 0 Å². The Morgan fingerprint density at radius 1 is 1.50 bits per heavy atom. The van der Waals surface area contributed by atoms with Crippen molar-refractivity contribution in [1.82, 2.24) is 20.6 Å². The quantitative estimate of drug-likeness (QED) is 0.746. The van der Waals surface area contributed by atoms with Gasteiger partial charge in [-0.2, -0.15) is 0 Å². The minimum Gasteiger partial charge on any atom is -0.444 e. The first-order valence-corrected chi connectivity index (χ1v) is 7.01. The van der Waals surface area contributed by atoms with Crippen molar-refractivity contribution in [3.63, 3.8) is 0 Å². The molecular weight excluding hydrogens is 256 g/mol. The summed E-state index contributed by atoms with van der Waals surface area (Å²) in [4.78, 5) is 19.0. The maximum atomic E-state index is 11.7. The number of nitrogens with one attached hydrogen (secondary N) is 3. The van der Waals surface area contributed by atoms with Crippen LogP contribution in [0.1, 0.15) is 45.6 Å². The van der Waals surface area contributed by atoms with Crippen molar-refractivity contribution in [3.8, 4) is 0 Å². The molecule has 0 aliphatic rings. The minimum absolute atomic E-state index is 0.0499. The summed E-state index contributed by atoms with van der Waals surface area (Å²) in [6.07, 6.45) is 2.28. The first-order valence-electron chi connectivity index (χ1n) is 7.01. The van der Waals surface area contributed by atoms with E-state index >= 15 is 0 Å². The van der Waals surface area contributed by atoms with Crippen LogP contribution in [0.4, 0.5) is 4.79 Å². The second kappa shape index (κ2) is 7.28. The highest BCUT2D eigenvalue weighted by Crippen LogP contribution is 2.07. The van der Waals surface area contributed by atoms with Gasteiger partial charge in [0.1, 0.15) is 11.4 Å². The van der Waals surface area contributed by atoms with E-state index in [1.807, 2.05) is 40.8 Å². The van der Waals surface area contributed by atoms with E-state index in [0.29, 0.717) is 13.1 Å². The van der Waals surface area contributed by atoms with Crippen LogP contribution in [0, 0.1) is 6.92 Å². The number of hydrogen-bond donors (Lipinski definition) is 3. The maximum Gasteiger partial charge on any atom is 0.407 e. The van der Waals surface area contributed by atoms with E-state index in [-0.39, 0.29) is 12.1 Å². The molecule has 0 aromatic carbocycles. The van der Waals surface area contributed by atoms with Gasteiger partial charge in [-0.25, -0.2) is 9.78 Å². The molecule has 1 unspecified atom stereocenters. The Morgan fingerprint density at radius 2 is 2.20 bits per heavy atom. The van der Waals surface area contributed by atoms with E-state index in [0.717, 1.165) is 17.9 Å². The predicted molar refractivity (Wildman–Crippen MR) is 78.5 cm³/mol. The molecule has 20 heavy (non-hydrogen) atoms. The van der Waals surface area contributed by atoms with Gasteiger partial charge in [0.2, 0.25) is 0 Å². The summed E-state index contributed by atoms with van der Waals surface area (Å²) < 4.78 is 5.24. The third-order valence-electron chi connectivity index (χ3n) is 2.68. The van der Waals surface area contributed by atoms with Crippen molar-refractivity contribution in [1.29, 1.82) is 0 Å². The molecule has 1 rings (SSSR count). The number of H-pyrrole nitrogens is 1. The molecule has 114 valence electrons. The molecule has 1 aromatic rings. The van der Waals surface area contributed by atoms with Crippen LogP contribution in [0.5, 0.6) is 0 Å². The van der Waals surface area contributed by atoms with Crippen molar-refractivity contribution in [2.24, 2.45) is 0 Å². The molecule has 0 fully saturated rings. The SMILES string of the molecule is CCC(CNCc1cnc(C)[nH]1)NC(=O)OC(C)(C)C. The molecule has 1 amide bonds. The Hall–Kier alpha value is -1.56. The lowest BCUT2D eigenvalue weighted by molar-refractivity contribution is 0.0502. The Labute approximate surface area is 120 Å². The van der Waals surface area contributed by atoms with E-state index in [2.05, 4.69) is 20.6 Å². The number of hydrogen-bond acceptors (Lipinski definition) is 4. The van der Waals surface area contributed by atoms with Gasteiger partial charge < -0.3 is 20.4 Å². The lowest BCUT2D eigenvalue weighted by Gasteiger charge is -2.23. The summed E-state index contributed by atoms with van der Waals surface area (Å²) in [6, 6.07) is 0.0499. The van der Waals surface area contributed by atoms with Crippen LogP contribution in [-0.4, -0.2) is 34.2 Å². The fourth-order valence-corrected chi connectivity index (χ4v) is 1.71. The Morgan fingerprint density at radius 3 is 2.70 bits per heavy atom. The Kier molecular flexibility index (Phi) is 6.01. The first-order chi connectivity index (χ1) is 9.30. The monoisotopic (exact) mass is 282 g/mol. The summed E-state index contributed by atoms with van der Waals surface area (Å²) in [7, 11) is 0. The number of imidazole rings is 1. The molecule has 6 nitrogen and oxygen atoms in total. The van der Waals surface area contributed by atoms with E-state index in [4.69, 9.17) is 4.74 Å². The number of ether oxygens (including phenoxy) is 1. The fraction of sp³-hybridized carbons (Fsp3) is 0.714. The van der Waals surface area contributed by atoms with E-state index in [9.17, 15) is 4.79 Å². The van der Waals surface area contributed by atoms with Crippen LogP contribution < -0.4 is 10.6 Å². The van der Waals surface area contributed by atoms with Gasteiger partial charge in [-0.3, -0.25) is 0 Å². The largest absolute Gasteiger partial charge is 0.444 e. The Balaban J connectivity index is 2.30. The highest BCUT2D eigenvalue weighted by molar-refractivity contribution is 5.68. The highest BCUT2D eigenvalue weighted by atomic mass is 16.6. The number of amides is 1. The molecule has 0 radical (unpaired) electrons. The zero-order chi connectivity index (χ0) is 15.2. The van der Waals surface area contributed by atoms with Crippen molar-refractivity contribution >= 4 is 6.09 Å². The summed E-state index contributed by atoms with van der Waals surface area (Å²) >= 11 is 0. The topological polar surface area (TPSA) is 79.0 Å². The first kappa shape index (κ1) is 16.5. The average Bonchev–Trinajstić information content (AvgIpc) is 2.71. The normalized spacial score (nSPS) is 13.1. The van der Waals surface area contributed by atoms with Crippen molar-refractivity contribution in [3.05, 3.63) is 17.7 Å². The summed E-state index contributed by atoms with van der Waals surface area (Å²) in [6.45, 7) is 10.9. The van der Waals surface area contributed by atoms with Crippen LogP contribution in [0.25, 0.3) is 0 Å². The smallest absolute Gasteiger partial charge is 0.407 e. The van der Waals surface area contributed by atoms with E-state index in [1.165, 1.54) is 0 Å². The summed E-state index contributed by atoms with van der Waals surface area (Å²) in [5.41, 5.74) is 0.568. The van der Waals surface area contributed by atoms with Gasteiger partial charge >= 0.3 is 6.09 Å². The summed E-state index contributed by atoms with van der Waals surface area (Å²) in [5, 5.41) is 6.16. The lowest BCUT2D eigenvalue weighted by atomic mass is 10.2. The molecular formula is C14H26N4O2. The van der Waals surface area contributed by atoms with Gasteiger partial charge in [-0.15, -0.1) is 0 Å². The molecule has 1 heterocycles. The van der Waals surface area contributed by atoms with Crippen molar-refractivity contribution in [2.45, 2.75) is 59.2 Å².